The minimum absolute atomic E-state index is 0.0219. The minimum atomic E-state index is -4.38. The summed E-state index contributed by atoms with van der Waals surface area (Å²) >= 11 is 0. The van der Waals surface area contributed by atoms with E-state index in [1.807, 2.05) is 0 Å². The predicted octanol–water partition coefficient (Wildman–Crippen LogP) is 1.40. The summed E-state index contributed by atoms with van der Waals surface area (Å²) < 4.78 is 41.8. The smallest absolute Gasteiger partial charge is 0.416 e. The average molecular weight is 264 g/mol. The van der Waals surface area contributed by atoms with E-state index in [-0.39, 0.29) is 18.8 Å². The molecule has 1 rings (SSSR count). The SMILES string of the molecule is NNOC(=O)CCOc1ccc(C(F)(F)F)cc1. The Labute approximate surface area is 101 Å². The number of hydrogen-bond acceptors (Lipinski definition) is 5. The highest BCUT2D eigenvalue weighted by atomic mass is 19.4. The first-order chi connectivity index (χ1) is 8.43. The Morgan fingerprint density at radius 3 is 2.39 bits per heavy atom. The lowest BCUT2D eigenvalue weighted by Crippen LogP contribution is -2.26. The summed E-state index contributed by atoms with van der Waals surface area (Å²) in [5.41, 5.74) is 0.948. The number of benzene rings is 1. The lowest BCUT2D eigenvalue weighted by atomic mass is 10.2. The maximum absolute atomic E-state index is 12.2. The van der Waals surface area contributed by atoms with Crippen LogP contribution in [-0.4, -0.2) is 12.6 Å². The van der Waals surface area contributed by atoms with Crippen molar-refractivity contribution in [3.63, 3.8) is 0 Å². The van der Waals surface area contributed by atoms with Crippen molar-refractivity contribution in [2.75, 3.05) is 6.61 Å². The molecule has 0 saturated heterocycles. The van der Waals surface area contributed by atoms with Crippen molar-refractivity contribution in [3.05, 3.63) is 29.8 Å². The van der Waals surface area contributed by atoms with Gasteiger partial charge in [-0.2, -0.15) is 13.2 Å². The van der Waals surface area contributed by atoms with E-state index in [4.69, 9.17) is 10.6 Å². The summed E-state index contributed by atoms with van der Waals surface area (Å²) in [5.74, 6) is 4.33. The van der Waals surface area contributed by atoms with Crippen LogP contribution in [0.3, 0.4) is 0 Å². The number of halogens is 3. The second kappa shape index (κ2) is 6.22. The lowest BCUT2D eigenvalue weighted by molar-refractivity contribution is -0.151. The fraction of sp³-hybridized carbons (Fsp3) is 0.300. The van der Waals surface area contributed by atoms with E-state index in [9.17, 15) is 18.0 Å². The molecule has 0 bridgehead atoms. The number of ether oxygens (including phenoxy) is 1. The number of hydrogen-bond donors (Lipinski definition) is 2. The Morgan fingerprint density at radius 2 is 1.89 bits per heavy atom. The molecule has 8 heteroatoms. The van der Waals surface area contributed by atoms with Gasteiger partial charge in [-0.25, -0.2) is 5.84 Å². The van der Waals surface area contributed by atoms with Gasteiger partial charge >= 0.3 is 12.1 Å². The highest BCUT2D eigenvalue weighted by molar-refractivity contribution is 5.69. The van der Waals surface area contributed by atoms with Crippen LogP contribution in [0.5, 0.6) is 5.75 Å². The van der Waals surface area contributed by atoms with Crippen LogP contribution in [0.1, 0.15) is 12.0 Å². The third-order valence-corrected chi connectivity index (χ3v) is 1.93. The molecular formula is C10H11F3N2O3. The Kier molecular flexibility index (Phi) is 4.93. The van der Waals surface area contributed by atoms with E-state index in [0.717, 1.165) is 12.1 Å². The number of nitrogens with one attached hydrogen (secondary N) is 1. The zero-order valence-electron chi connectivity index (χ0n) is 9.16. The van der Waals surface area contributed by atoms with Crippen LogP contribution in [0.2, 0.25) is 0 Å². The first kappa shape index (κ1) is 14.3. The topological polar surface area (TPSA) is 73.6 Å². The summed E-state index contributed by atoms with van der Waals surface area (Å²) in [6, 6.07) is 4.15. The molecule has 0 aromatic heterocycles. The molecular weight excluding hydrogens is 253 g/mol. The quantitative estimate of drug-likeness (QED) is 0.621. The summed E-state index contributed by atoms with van der Waals surface area (Å²) in [5, 5.41) is 0. The molecule has 0 amide bonds. The molecule has 0 heterocycles. The van der Waals surface area contributed by atoms with Gasteiger partial charge in [-0.3, -0.25) is 4.79 Å². The second-order valence-electron chi connectivity index (χ2n) is 3.21. The van der Waals surface area contributed by atoms with Gasteiger partial charge in [0.05, 0.1) is 18.6 Å². The fourth-order valence-corrected chi connectivity index (χ4v) is 1.11. The van der Waals surface area contributed by atoms with Gasteiger partial charge in [-0.15, -0.1) is 0 Å². The van der Waals surface area contributed by atoms with Crippen molar-refractivity contribution in [2.45, 2.75) is 12.6 Å². The maximum Gasteiger partial charge on any atom is 0.416 e. The number of hydrazine groups is 1. The van der Waals surface area contributed by atoms with Gasteiger partial charge in [-0.05, 0) is 24.3 Å². The largest absolute Gasteiger partial charge is 0.493 e. The van der Waals surface area contributed by atoms with Gasteiger partial charge in [-0.1, -0.05) is 5.59 Å². The zero-order valence-corrected chi connectivity index (χ0v) is 9.16. The van der Waals surface area contributed by atoms with E-state index in [1.54, 1.807) is 5.59 Å². The summed E-state index contributed by atoms with van der Waals surface area (Å²) in [6.07, 6.45) is -4.46. The third-order valence-electron chi connectivity index (χ3n) is 1.93. The highest BCUT2D eigenvalue weighted by Gasteiger charge is 2.29. The minimum Gasteiger partial charge on any atom is -0.493 e. The van der Waals surface area contributed by atoms with Crippen LogP contribution >= 0.6 is 0 Å². The molecule has 0 aliphatic rings. The van der Waals surface area contributed by atoms with Crippen LogP contribution in [0, 0.1) is 0 Å². The number of carbonyl (C=O) groups excluding carboxylic acids is 1. The second-order valence-corrected chi connectivity index (χ2v) is 3.21. The van der Waals surface area contributed by atoms with Crippen molar-refractivity contribution in [3.8, 4) is 5.75 Å². The van der Waals surface area contributed by atoms with Crippen LogP contribution in [-0.2, 0) is 15.8 Å². The van der Waals surface area contributed by atoms with Crippen molar-refractivity contribution in [1.29, 1.82) is 0 Å². The summed E-state index contributed by atoms with van der Waals surface area (Å²) in [7, 11) is 0. The molecule has 0 unspecified atom stereocenters. The molecule has 5 nitrogen and oxygen atoms in total. The molecule has 1 aromatic carbocycles. The van der Waals surface area contributed by atoms with E-state index in [1.165, 1.54) is 12.1 Å². The standard InChI is InChI=1S/C10H11F3N2O3/c11-10(12,13)7-1-3-8(4-2-7)17-6-5-9(16)18-15-14/h1-4,15H,5-6,14H2. The molecule has 0 radical (unpaired) electrons. The van der Waals surface area contributed by atoms with E-state index >= 15 is 0 Å². The average Bonchev–Trinajstić information content (AvgIpc) is 2.29. The molecule has 0 spiro atoms. The van der Waals surface area contributed by atoms with Crippen LogP contribution < -0.4 is 16.2 Å². The number of nitrogens with two attached hydrogens (primary N) is 1. The Balaban J connectivity index is 2.42. The molecule has 0 saturated carbocycles. The molecule has 0 fully saturated rings. The summed E-state index contributed by atoms with van der Waals surface area (Å²) in [6.45, 7) is -0.0219. The van der Waals surface area contributed by atoms with Gasteiger partial charge in [0.15, 0.2) is 0 Å². The van der Waals surface area contributed by atoms with Crippen molar-refractivity contribution >= 4 is 5.97 Å². The van der Waals surface area contributed by atoms with Crippen LogP contribution in [0.25, 0.3) is 0 Å². The zero-order chi connectivity index (χ0) is 13.6. The van der Waals surface area contributed by atoms with Crippen molar-refractivity contribution < 1.29 is 27.5 Å². The highest BCUT2D eigenvalue weighted by Crippen LogP contribution is 2.30. The summed E-state index contributed by atoms with van der Waals surface area (Å²) in [4.78, 5) is 15.0. The van der Waals surface area contributed by atoms with Crippen LogP contribution in [0.4, 0.5) is 13.2 Å². The van der Waals surface area contributed by atoms with Gasteiger partial charge < -0.3 is 9.57 Å². The van der Waals surface area contributed by atoms with Crippen LogP contribution in [0.15, 0.2) is 24.3 Å². The molecule has 0 aliphatic carbocycles. The first-order valence-corrected chi connectivity index (χ1v) is 4.89. The van der Waals surface area contributed by atoms with Gasteiger partial charge in [0.2, 0.25) is 0 Å². The molecule has 100 valence electrons. The van der Waals surface area contributed by atoms with E-state index in [0.29, 0.717) is 0 Å². The molecule has 0 atom stereocenters. The van der Waals surface area contributed by atoms with Gasteiger partial charge in [0, 0.05) is 0 Å². The monoisotopic (exact) mass is 264 g/mol. The fourth-order valence-electron chi connectivity index (χ4n) is 1.11. The van der Waals surface area contributed by atoms with E-state index in [2.05, 4.69) is 4.84 Å². The Morgan fingerprint density at radius 1 is 1.28 bits per heavy atom. The normalized spacial score (nSPS) is 11.1. The molecule has 0 aliphatic heterocycles. The molecule has 3 N–H and O–H groups in total. The first-order valence-electron chi connectivity index (χ1n) is 4.89. The predicted molar refractivity (Wildman–Crippen MR) is 55.0 cm³/mol. The lowest BCUT2D eigenvalue weighted by Gasteiger charge is -2.08. The number of rotatable bonds is 5. The van der Waals surface area contributed by atoms with Crippen molar-refractivity contribution in [2.24, 2.45) is 5.84 Å². The Bertz CT molecular complexity index is 392. The van der Waals surface area contributed by atoms with E-state index < -0.39 is 17.7 Å². The van der Waals surface area contributed by atoms with Gasteiger partial charge in [0.25, 0.3) is 0 Å². The molecule has 18 heavy (non-hydrogen) atoms. The maximum atomic E-state index is 12.2. The van der Waals surface area contributed by atoms with Crippen molar-refractivity contribution in [1.82, 2.24) is 5.59 Å². The number of carbonyl (C=O) groups is 1. The Hall–Kier alpha value is -1.80. The third kappa shape index (κ3) is 4.60. The molecule has 1 aromatic rings. The number of alkyl halides is 3. The van der Waals surface area contributed by atoms with Gasteiger partial charge in [0.1, 0.15) is 5.75 Å².